The molecule has 9 heteroatoms. The van der Waals surface area contributed by atoms with Gasteiger partial charge >= 0.3 is 16.8 Å². The molecule has 0 aliphatic carbocycles. The van der Waals surface area contributed by atoms with Gasteiger partial charge in [-0.3, -0.25) is 9.98 Å². The molecular formula is C22H26CoN2O6. The number of benzene rings is 2. The van der Waals surface area contributed by atoms with Crippen molar-refractivity contribution in [1.82, 2.24) is 0 Å². The first-order valence-electron chi connectivity index (χ1n) is 8.97. The monoisotopic (exact) mass is 473 g/mol. The van der Waals surface area contributed by atoms with E-state index in [0.29, 0.717) is 24.2 Å². The first-order chi connectivity index (χ1) is 14.0. The van der Waals surface area contributed by atoms with Crippen molar-refractivity contribution in [3.63, 3.8) is 0 Å². The summed E-state index contributed by atoms with van der Waals surface area (Å²) in [6, 6.07) is 10.8. The number of phenols is 2. The Morgan fingerprint density at radius 1 is 0.806 bits per heavy atom. The fraction of sp³-hybridized carbons (Fsp3) is 0.273. The van der Waals surface area contributed by atoms with Crippen molar-refractivity contribution in [3.8, 4) is 11.5 Å². The van der Waals surface area contributed by atoms with Gasteiger partial charge in [0, 0.05) is 35.5 Å². The standard InChI is InChI=1S/C18H20N2O2.2C2H4O2.Co/c1-13-3-5-17(21)15(9-13)11-19-7-8-20-12-16-10-14(2)4-6-18(16)22;2*1-2(3)4;/h3-6,9-12,21-22H,7-8H2,1-2H3;2*1H3,(H,3,4);/q;;;+2/p-2. The van der Waals surface area contributed by atoms with Crippen molar-refractivity contribution >= 4 is 24.4 Å². The molecule has 0 aliphatic rings. The molecule has 0 saturated heterocycles. The quantitative estimate of drug-likeness (QED) is 0.485. The maximum atomic E-state index is 9.69. The van der Waals surface area contributed by atoms with Gasteiger partial charge in [-0.05, 0) is 52.0 Å². The summed E-state index contributed by atoms with van der Waals surface area (Å²) in [6.45, 7) is 6.93. The minimum atomic E-state index is -1.08. The number of aliphatic imine (C=N–C) groups is 2. The van der Waals surface area contributed by atoms with Crippen LogP contribution >= 0.6 is 0 Å². The molecule has 1 radical (unpaired) electrons. The van der Waals surface area contributed by atoms with Gasteiger partial charge in [0.15, 0.2) is 0 Å². The van der Waals surface area contributed by atoms with E-state index in [1.165, 1.54) is 0 Å². The fourth-order valence-corrected chi connectivity index (χ4v) is 2.00. The summed E-state index contributed by atoms with van der Waals surface area (Å²) in [5.41, 5.74) is 3.57. The fourth-order valence-electron chi connectivity index (χ4n) is 2.00. The summed E-state index contributed by atoms with van der Waals surface area (Å²) < 4.78 is 0. The van der Waals surface area contributed by atoms with Crippen LogP contribution in [0.1, 0.15) is 36.1 Å². The zero-order valence-corrected chi connectivity index (χ0v) is 18.8. The summed E-state index contributed by atoms with van der Waals surface area (Å²) in [4.78, 5) is 26.3. The molecule has 0 heterocycles. The van der Waals surface area contributed by atoms with Crippen LogP contribution < -0.4 is 10.2 Å². The van der Waals surface area contributed by atoms with Crippen LogP contribution in [-0.4, -0.2) is 47.7 Å². The first kappa shape index (κ1) is 30.0. The number of aromatic hydroxyl groups is 2. The first-order valence-corrected chi connectivity index (χ1v) is 8.97. The number of carboxylic acids is 2. The minimum Gasteiger partial charge on any atom is -0.550 e. The van der Waals surface area contributed by atoms with Crippen molar-refractivity contribution in [2.24, 2.45) is 9.98 Å². The van der Waals surface area contributed by atoms with Gasteiger partial charge in [0.1, 0.15) is 11.5 Å². The molecule has 0 aliphatic heterocycles. The Morgan fingerprint density at radius 3 is 1.39 bits per heavy atom. The van der Waals surface area contributed by atoms with Gasteiger partial charge in [0.05, 0.1) is 13.1 Å². The number of rotatable bonds is 5. The molecule has 0 saturated carbocycles. The molecule has 0 atom stereocenters. The third kappa shape index (κ3) is 16.3. The van der Waals surface area contributed by atoms with Crippen LogP contribution in [0.2, 0.25) is 0 Å². The molecule has 0 aromatic heterocycles. The Kier molecular flexibility index (Phi) is 16.1. The van der Waals surface area contributed by atoms with E-state index < -0.39 is 11.9 Å². The van der Waals surface area contributed by atoms with Crippen molar-refractivity contribution in [3.05, 3.63) is 58.7 Å². The molecule has 31 heavy (non-hydrogen) atoms. The second kappa shape index (κ2) is 16.6. The number of aryl methyl sites for hydroxylation is 2. The van der Waals surface area contributed by atoms with Gasteiger partial charge in [-0.15, -0.1) is 0 Å². The number of carboxylic acid groups (broad SMARTS) is 2. The molecular weight excluding hydrogens is 447 g/mol. The number of hydrogen-bond donors (Lipinski definition) is 2. The van der Waals surface area contributed by atoms with Gasteiger partial charge in [-0.25, -0.2) is 0 Å². The topological polar surface area (TPSA) is 145 Å². The average Bonchev–Trinajstić information content (AvgIpc) is 2.62. The number of aliphatic carboxylic acids is 2. The van der Waals surface area contributed by atoms with Crippen molar-refractivity contribution in [1.29, 1.82) is 0 Å². The molecule has 0 bridgehead atoms. The molecule has 2 aromatic rings. The molecule has 2 rings (SSSR count). The van der Waals surface area contributed by atoms with E-state index in [4.69, 9.17) is 19.8 Å². The zero-order chi connectivity index (χ0) is 23.1. The summed E-state index contributed by atoms with van der Waals surface area (Å²) in [7, 11) is 0. The van der Waals surface area contributed by atoms with E-state index in [9.17, 15) is 10.2 Å². The summed E-state index contributed by atoms with van der Waals surface area (Å²) in [6.07, 6.45) is 3.31. The van der Waals surface area contributed by atoms with Crippen LogP contribution in [0.15, 0.2) is 46.4 Å². The molecule has 0 amide bonds. The summed E-state index contributed by atoms with van der Waals surface area (Å²) in [5, 5.41) is 37.2. The molecule has 0 fully saturated rings. The number of phenolic OH excluding ortho intramolecular Hbond substituents is 2. The van der Waals surface area contributed by atoms with E-state index >= 15 is 0 Å². The van der Waals surface area contributed by atoms with Crippen molar-refractivity contribution in [2.45, 2.75) is 27.7 Å². The molecule has 0 unspecified atom stereocenters. The van der Waals surface area contributed by atoms with Gasteiger partial charge in [0.25, 0.3) is 0 Å². The van der Waals surface area contributed by atoms with E-state index in [2.05, 4.69) is 9.98 Å². The SMILES string of the molecule is CC(=O)[O-].CC(=O)[O-].Cc1ccc(O)c(C=NCCN=Cc2cc(C)ccc2O)c1.[Co+2]. The Balaban J connectivity index is 0. The Labute approximate surface area is 192 Å². The van der Waals surface area contributed by atoms with Gasteiger partial charge in [0.2, 0.25) is 0 Å². The Bertz CT molecular complexity index is 816. The predicted octanol–water partition coefficient (Wildman–Crippen LogP) is 0.763. The van der Waals surface area contributed by atoms with Crippen molar-refractivity contribution in [2.75, 3.05) is 13.1 Å². The van der Waals surface area contributed by atoms with Crippen molar-refractivity contribution < 1.29 is 46.8 Å². The zero-order valence-electron chi connectivity index (χ0n) is 17.8. The average molecular weight is 473 g/mol. The normalized spacial score (nSPS) is 9.81. The largest absolute Gasteiger partial charge is 2.00 e. The maximum Gasteiger partial charge on any atom is 2.00 e. The second-order valence-electron chi connectivity index (χ2n) is 6.18. The number of nitrogens with zero attached hydrogens (tertiary/aromatic N) is 2. The van der Waals surface area contributed by atoms with Crippen LogP contribution in [0.3, 0.4) is 0 Å². The van der Waals surface area contributed by atoms with E-state index in [0.717, 1.165) is 25.0 Å². The summed E-state index contributed by atoms with van der Waals surface area (Å²) in [5.74, 6) is -1.72. The van der Waals surface area contributed by atoms with Gasteiger partial charge in [-0.2, -0.15) is 0 Å². The Morgan fingerprint density at radius 2 is 1.10 bits per heavy atom. The molecule has 169 valence electrons. The Hall–Kier alpha value is -3.17. The van der Waals surface area contributed by atoms with Crippen LogP contribution in [-0.2, 0) is 26.4 Å². The molecule has 2 aromatic carbocycles. The summed E-state index contributed by atoms with van der Waals surface area (Å²) >= 11 is 0. The number of carbonyl (C=O) groups is 2. The minimum absolute atomic E-state index is 0. The third-order valence-corrected chi connectivity index (χ3v) is 3.19. The van der Waals surface area contributed by atoms with E-state index in [-0.39, 0.29) is 28.3 Å². The third-order valence-electron chi connectivity index (χ3n) is 3.19. The van der Waals surface area contributed by atoms with E-state index in [1.807, 2.05) is 38.1 Å². The number of carbonyl (C=O) groups excluding carboxylic acids is 2. The van der Waals surface area contributed by atoms with Crippen LogP contribution in [0.4, 0.5) is 0 Å². The van der Waals surface area contributed by atoms with Crippen LogP contribution in [0, 0.1) is 13.8 Å². The van der Waals surface area contributed by atoms with Gasteiger partial charge in [-0.1, -0.05) is 23.3 Å². The second-order valence-corrected chi connectivity index (χ2v) is 6.18. The molecule has 8 nitrogen and oxygen atoms in total. The van der Waals surface area contributed by atoms with Crippen LogP contribution in [0.5, 0.6) is 11.5 Å². The molecule has 2 N–H and O–H groups in total. The number of hydrogen-bond acceptors (Lipinski definition) is 8. The smallest absolute Gasteiger partial charge is 0.550 e. The maximum absolute atomic E-state index is 9.69. The molecule has 0 spiro atoms. The van der Waals surface area contributed by atoms with E-state index in [1.54, 1.807) is 24.6 Å². The predicted molar refractivity (Wildman–Crippen MR) is 112 cm³/mol. The van der Waals surface area contributed by atoms with Crippen LogP contribution in [0.25, 0.3) is 0 Å². The van der Waals surface area contributed by atoms with Gasteiger partial charge < -0.3 is 30.0 Å².